The van der Waals surface area contributed by atoms with Crippen molar-refractivity contribution in [1.29, 1.82) is 0 Å². The van der Waals surface area contributed by atoms with Gasteiger partial charge < -0.3 is 15.2 Å². The number of nitrogens with one attached hydrogen (secondary N) is 2. The minimum atomic E-state index is -0.0952. The van der Waals surface area contributed by atoms with Crippen molar-refractivity contribution in [2.75, 3.05) is 0 Å². The third kappa shape index (κ3) is 3.00. The van der Waals surface area contributed by atoms with Crippen LogP contribution in [0.4, 0.5) is 0 Å². The Morgan fingerprint density at radius 2 is 1.96 bits per heavy atom. The highest BCUT2D eigenvalue weighted by Gasteiger charge is 2.34. The quantitative estimate of drug-likeness (QED) is 0.875. The molecule has 1 amide bonds. The second-order valence-electron chi connectivity index (χ2n) is 7.31. The smallest absolute Gasteiger partial charge is 0.262 e. The summed E-state index contributed by atoms with van der Waals surface area (Å²) in [4.78, 5) is 30.6. The fraction of sp³-hybridized carbons (Fsp3) is 0.611. The highest BCUT2D eigenvalue weighted by atomic mass is 32.1. The molecule has 2 N–H and O–H groups in total. The van der Waals surface area contributed by atoms with Gasteiger partial charge in [-0.05, 0) is 38.2 Å². The van der Waals surface area contributed by atoms with E-state index in [0.29, 0.717) is 27.2 Å². The van der Waals surface area contributed by atoms with Crippen LogP contribution in [0.5, 0.6) is 0 Å². The molecule has 25 heavy (non-hydrogen) atoms. The number of aryl methyl sites for hydroxylation is 2. The second kappa shape index (κ2) is 6.53. The molecule has 7 heteroatoms. The molecule has 2 saturated carbocycles. The van der Waals surface area contributed by atoms with Gasteiger partial charge in [0, 0.05) is 25.2 Å². The van der Waals surface area contributed by atoms with Crippen LogP contribution in [0.3, 0.4) is 0 Å². The lowest BCUT2D eigenvalue weighted by Gasteiger charge is -2.39. The van der Waals surface area contributed by atoms with Crippen molar-refractivity contribution in [3.8, 4) is 0 Å². The van der Waals surface area contributed by atoms with Crippen molar-refractivity contribution in [3.05, 3.63) is 27.1 Å². The lowest BCUT2D eigenvalue weighted by molar-refractivity contribution is 0.0893. The van der Waals surface area contributed by atoms with E-state index >= 15 is 0 Å². The van der Waals surface area contributed by atoms with Crippen LogP contribution in [0.25, 0.3) is 10.2 Å². The molecule has 0 aliphatic heterocycles. The standard InChI is InChI=1S/C18H24N4O2S/c1-10-14-17(19-9-22(2)18(14)24)25-15(10)16(23)21-13-8-7-12(13)20-11-5-3-4-6-11/h9,11-13,20H,3-8H2,1-2H3,(H,21,23)/t12-,13+/m1/s1. The Morgan fingerprint density at radius 1 is 1.24 bits per heavy atom. The molecule has 2 aliphatic rings. The first kappa shape index (κ1) is 16.7. The van der Waals surface area contributed by atoms with Gasteiger partial charge in [0.25, 0.3) is 11.5 Å². The molecule has 0 spiro atoms. The summed E-state index contributed by atoms with van der Waals surface area (Å²) in [5.74, 6) is -0.0783. The Kier molecular flexibility index (Phi) is 4.37. The van der Waals surface area contributed by atoms with Gasteiger partial charge in [-0.3, -0.25) is 9.59 Å². The number of carbonyl (C=O) groups is 1. The Hall–Kier alpha value is -1.73. The molecule has 2 heterocycles. The molecule has 134 valence electrons. The summed E-state index contributed by atoms with van der Waals surface area (Å²) in [5.41, 5.74) is 0.646. The lowest BCUT2D eigenvalue weighted by Crippen LogP contribution is -2.58. The SMILES string of the molecule is Cc1c(C(=O)N[C@H]2CC[C@H]2NC2CCCC2)sc2ncn(C)c(=O)c12. The van der Waals surface area contributed by atoms with Gasteiger partial charge in [0.15, 0.2) is 0 Å². The molecule has 2 aromatic rings. The summed E-state index contributed by atoms with van der Waals surface area (Å²) in [6, 6.07) is 1.18. The first-order valence-corrected chi connectivity index (χ1v) is 9.88. The van der Waals surface area contributed by atoms with Crippen LogP contribution in [-0.2, 0) is 7.05 Å². The Labute approximate surface area is 150 Å². The van der Waals surface area contributed by atoms with E-state index in [1.165, 1.54) is 47.9 Å². The van der Waals surface area contributed by atoms with Crippen LogP contribution in [0, 0.1) is 6.92 Å². The summed E-state index contributed by atoms with van der Waals surface area (Å²) in [6.07, 6.45) is 8.77. The fourth-order valence-corrected chi connectivity index (χ4v) is 4.97. The number of carbonyl (C=O) groups excluding carboxylic acids is 1. The summed E-state index contributed by atoms with van der Waals surface area (Å²) in [5, 5.41) is 7.43. The Balaban J connectivity index is 1.49. The van der Waals surface area contributed by atoms with E-state index in [1.807, 2.05) is 6.92 Å². The third-order valence-corrected chi connectivity index (χ3v) is 6.81. The van der Waals surface area contributed by atoms with Crippen molar-refractivity contribution >= 4 is 27.5 Å². The largest absolute Gasteiger partial charge is 0.347 e. The first-order valence-electron chi connectivity index (χ1n) is 9.06. The molecular formula is C18H24N4O2S. The summed E-state index contributed by atoms with van der Waals surface area (Å²) < 4.78 is 1.46. The van der Waals surface area contributed by atoms with Gasteiger partial charge in [0.2, 0.25) is 0 Å². The van der Waals surface area contributed by atoms with Crippen LogP contribution in [0.2, 0.25) is 0 Å². The topological polar surface area (TPSA) is 76.0 Å². The van der Waals surface area contributed by atoms with Crippen LogP contribution in [0.15, 0.2) is 11.1 Å². The van der Waals surface area contributed by atoms with Crippen molar-refractivity contribution in [2.45, 2.75) is 63.6 Å². The van der Waals surface area contributed by atoms with E-state index in [2.05, 4.69) is 15.6 Å². The summed E-state index contributed by atoms with van der Waals surface area (Å²) in [6.45, 7) is 1.84. The maximum atomic E-state index is 12.8. The minimum Gasteiger partial charge on any atom is -0.347 e. The van der Waals surface area contributed by atoms with E-state index in [1.54, 1.807) is 7.05 Å². The number of hydrogen-bond donors (Lipinski definition) is 2. The monoisotopic (exact) mass is 360 g/mol. The number of aromatic nitrogens is 2. The maximum absolute atomic E-state index is 12.8. The number of nitrogens with zero attached hydrogens (tertiary/aromatic N) is 2. The van der Waals surface area contributed by atoms with Gasteiger partial charge >= 0.3 is 0 Å². The normalized spacial score (nSPS) is 23.8. The lowest BCUT2D eigenvalue weighted by atomic mass is 9.85. The summed E-state index contributed by atoms with van der Waals surface area (Å²) in [7, 11) is 1.68. The van der Waals surface area contributed by atoms with Crippen molar-refractivity contribution < 1.29 is 4.79 Å². The molecule has 2 atom stereocenters. The van der Waals surface area contributed by atoms with Crippen LogP contribution in [-0.4, -0.2) is 33.6 Å². The van der Waals surface area contributed by atoms with Crippen molar-refractivity contribution in [2.24, 2.45) is 7.05 Å². The van der Waals surface area contributed by atoms with E-state index in [9.17, 15) is 9.59 Å². The van der Waals surface area contributed by atoms with E-state index in [4.69, 9.17) is 0 Å². The van der Waals surface area contributed by atoms with E-state index in [0.717, 1.165) is 18.4 Å². The molecule has 0 bridgehead atoms. The maximum Gasteiger partial charge on any atom is 0.262 e. The number of amides is 1. The van der Waals surface area contributed by atoms with Crippen LogP contribution in [0.1, 0.15) is 53.8 Å². The van der Waals surface area contributed by atoms with Crippen LogP contribution < -0.4 is 16.2 Å². The molecule has 2 aromatic heterocycles. The Morgan fingerprint density at radius 3 is 2.64 bits per heavy atom. The molecular weight excluding hydrogens is 336 g/mol. The molecule has 0 aromatic carbocycles. The molecule has 6 nitrogen and oxygen atoms in total. The zero-order valence-corrected chi connectivity index (χ0v) is 15.5. The molecule has 0 radical (unpaired) electrons. The average Bonchev–Trinajstić information content (AvgIpc) is 3.21. The van der Waals surface area contributed by atoms with Crippen molar-refractivity contribution in [1.82, 2.24) is 20.2 Å². The van der Waals surface area contributed by atoms with Crippen LogP contribution >= 0.6 is 11.3 Å². The highest BCUT2D eigenvalue weighted by Crippen LogP contribution is 2.29. The second-order valence-corrected chi connectivity index (χ2v) is 8.31. The minimum absolute atomic E-state index is 0.0783. The average molecular weight is 360 g/mol. The van der Waals surface area contributed by atoms with E-state index < -0.39 is 0 Å². The number of rotatable bonds is 4. The fourth-order valence-electron chi connectivity index (χ4n) is 3.93. The third-order valence-electron chi connectivity index (χ3n) is 5.61. The zero-order chi connectivity index (χ0) is 17.6. The van der Waals surface area contributed by atoms with Gasteiger partial charge in [-0.2, -0.15) is 0 Å². The van der Waals surface area contributed by atoms with Gasteiger partial charge in [-0.1, -0.05) is 12.8 Å². The van der Waals surface area contributed by atoms with Gasteiger partial charge in [-0.25, -0.2) is 4.98 Å². The molecule has 2 fully saturated rings. The molecule has 2 aliphatic carbocycles. The van der Waals surface area contributed by atoms with E-state index in [-0.39, 0.29) is 17.5 Å². The number of fused-ring (bicyclic) bond motifs is 1. The predicted octanol–water partition coefficient (Wildman–Crippen LogP) is 2.10. The molecule has 0 saturated heterocycles. The van der Waals surface area contributed by atoms with Gasteiger partial charge in [0.05, 0.1) is 16.6 Å². The number of hydrogen-bond acceptors (Lipinski definition) is 5. The Bertz CT molecular complexity index is 866. The first-order chi connectivity index (χ1) is 12.0. The predicted molar refractivity (Wildman–Crippen MR) is 99.3 cm³/mol. The number of thiophene rings is 1. The van der Waals surface area contributed by atoms with Gasteiger partial charge in [-0.15, -0.1) is 11.3 Å². The highest BCUT2D eigenvalue weighted by molar-refractivity contribution is 7.20. The van der Waals surface area contributed by atoms with Crippen molar-refractivity contribution in [3.63, 3.8) is 0 Å². The summed E-state index contributed by atoms with van der Waals surface area (Å²) >= 11 is 1.31. The molecule has 0 unspecified atom stereocenters. The van der Waals surface area contributed by atoms with Gasteiger partial charge in [0.1, 0.15) is 4.83 Å². The molecule has 4 rings (SSSR count). The zero-order valence-electron chi connectivity index (χ0n) is 14.7.